The summed E-state index contributed by atoms with van der Waals surface area (Å²) in [5.74, 6) is 0. The summed E-state index contributed by atoms with van der Waals surface area (Å²) in [5, 5.41) is 3.56. The van der Waals surface area contributed by atoms with Crippen molar-refractivity contribution in [2.24, 2.45) is 0 Å². The summed E-state index contributed by atoms with van der Waals surface area (Å²) in [7, 11) is 0. The van der Waals surface area contributed by atoms with Crippen molar-refractivity contribution in [1.29, 1.82) is 0 Å². The molecule has 0 spiro atoms. The molecule has 2 rings (SSSR count). The Labute approximate surface area is 130 Å². The minimum Gasteiger partial charge on any atom is -0.377 e. The van der Waals surface area contributed by atoms with Gasteiger partial charge in [-0.05, 0) is 36.3 Å². The molecule has 0 aromatic heterocycles. The Morgan fingerprint density at radius 1 is 1.14 bits per heavy atom. The average molecular weight is 289 g/mol. The highest BCUT2D eigenvalue weighted by molar-refractivity contribution is 5.28. The van der Waals surface area contributed by atoms with Gasteiger partial charge in [0.25, 0.3) is 0 Å². The van der Waals surface area contributed by atoms with Gasteiger partial charge < -0.3 is 10.1 Å². The molecular weight excluding hydrogens is 258 g/mol. The zero-order chi connectivity index (χ0) is 15.3. The molecule has 1 N–H and O–H groups in total. The Balaban J connectivity index is 1.73. The molecule has 1 aromatic rings. The fraction of sp³-hybridized carbons (Fsp3) is 0.684. The lowest BCUT2D eigenvalue weighted by Gasteiger charge is -2.21. The summed E-state index contributed by atoms with van der Waals surface area (Å²) in [6.45, 7) is 10.7. The van der Waals surface area contributed by atoms with Gasteiger partial charge in [-0.3, -0.25) is 0 Å². The van der Waals surface area contributed by atoms with Gasteiger partial charge in [0.2, 0.25) is 0 Å². The van der Waals surface area contributed by atoms with Crippen molar-refractivity contribution in [2.75, 3.05) is 13.2 Å². The summed E-state index contributed by atoms with van der Waals surface area (Å²) < 4.78 is 5.89. The van der Waals surface area contributed by atoms with E-state index in [0.29, 0.717) is 12.1 Å². The average Bonchev–Trinajstić information content (AvgIpc) is 2.96. The molecule has 1 aliphatic carbocycles. The minimum atomic E-state index is 0.227. The van der Waals surface area contributed by atoms with Crippen molar-refractivity contribution < 1.29 is 4.74 Å². The largest absolute Gasteiger partial charge is 0.377 e. The van der Waals surface area contributed by atoms with Crippen molar-refractivity contribution >= 4 is 0 Å². The highest BCUT2D eigenvalue weighted by Gasteiger charge is 2.15. The van der Waals surface area contributed by atoms with Gasteiger partial charge in [0.15, 0.2) is 0 Å². The molecule has 0 aliphatic heterocycles. The van der Waals surface area contributed by atoms with Gasteiger partial charge >= 0.3 is 0 Å². The van der Waals surface area contributed by atoms with Crippen LogP contribution in [-0.4, -0.2) is 19.3 Å². The molecule has 118 valence electrons. The first-order valence-electron chi connectivity index (χ1n) is 8.42. The smallest absolute Gasteiger partial charge is 0.0594 e. The van der Waals surface area contributed by atoms with Crippen LogP contribution in [0, 0.1) is 0 Å². The molecule has 1 aliphatic rings. The molecular formula is C19H31NO. The molecule has 2 nitrogen and oxygen atoms in total. The van der Waals surface area contributed by atoms with Gasteiger partial charge in [-0.1, -0.05) is 57.9 Å². The quantitative estimate of drug-likeness (QED) is 0.773. The first kappa shape index (κ1) is 16.5. The predicted octanol–water partition coefficient (Wildman–Crippen LogP) is 4.59. The van der Waals surface area contributed by atoms with Crippen LogP contribution in [-0.2, 0) is 10.2 Å². The maximum atomic E-state index is 5.89. The van der Waals surface area contributed by atoms with Crippen LogP contribution in [0.1, 0.15) is 70.5 Å². The SMILES string of the molecule is CC(NCCOC1CCCC1)c1ccc(C(C)(C)C)cc1. The van der Waals surface area contributed by atoms with Gasteiger partial charge in [0.05, 0.1) is 12.7 Å². The van der Waals surface area contributed by atoms with E-state index in [4.69, 9.17) is 4.74 Å². The number of nitrogens with one attached hydrogen (secondary N) is 1. The van der Waals surface area contributed by atoms with E-state index in [1.807, 2.05) is 0 Å². The first-order chi connectivity index (χ1) is 9.97. The topological polar surface area (TPSA) is 21.3 Å². The van der Waals surface area contributed by atoms with E-state index >= 15 is 0 Å². The Hall–Kier alpha value is -0.860. The fourth-order valence-electron chi connectivity index (χ4n) is 2.95. The van der Waals surface area contributed by atoms with Gasteiger partial charge in [0, 0.05) is 12.6 Å². The predicted molar refractivity (Wildman–Crippen MR) is 89.8 cm³/mol. The van der Waals surface area contributed by atoms with Crippen LogP contribution in [0.2, 0.25) is 0 Å². The number of hydrogen-bond acceptors (Lipinski definition) is 2. The maximum absolute atomic E-state index is 5.89. The van der Waals surface area contributed by atoms with Gasteiger partial charge in [0.1, 0.15) is 0 Å². The van der Waals surface area contributed by atoms with E-state index in [0.717, 1.165) is 13.2 Å². The molecule has 2 heteroatoms. The number of benzene rings is 1. The lowest BCUT2D eigenvalue weighted by molar-refractivity contribution is 0.0593. The number of hydrogen-bond donors (Lipinski definition) is 1. The summed E-state index contributed by atoms with van der Waals surface area (Å²) in [5.41, 5.74) is 2.97. The second kappa shape index (κ2) is 7.42. The Morgan fingerprint density at radius 2 is 1.76 bits per heavy atom. The van der Waals surface area contributed by atoms with Crippen molar-refractivity contribution in [2.45, 2.75) is 70.9 Å². The van der Waals surface area contributed by atoms with Crippen LogP contribution in [0.5, 0.6) is 0 Å². The van der Waals surface area contributed by atoms with Crippen LogP contribution in [0.15, 0.2) is 24.3 Å². The van der Waals surface area contributed by atoms with Gasteiger partial charge in [-0.25, -0.2) is 0 Å². The summed E-state index contributed by atoms with van der Waals surface area (Å²) in [4.78, 5) is 0. The van der Waals surface area contributed by atoms with Gasteiger partial charge in [-0.15, -0.1) is 0 Å². The number of rotatable bonds is 6. The molecule has 1 aromatic carbocycles. The lowest BCUT2D eigenvalue weighted by Crippen LogP contribution is -2.25. The summed E-state index contributed by atoms with van der Waals surface area (Å²) in [6, 6.07) is 9.38. The molecule has 0 heterocycles. The van der Waals surface area contributed by atoms with E-state index in [1.165, 1.54) is 36.8 Å². The van der Waals surface area contributed by atoms with Crippen molar-refractivity contribution in [1.82, 2.24) is 5.32 Å². The highest BCUT2D eigenvalue weighted by Crippen LogP contribution is 2.24. The van der Waals surface area contributed by atoms with Crippen LogP contribution >= 0.6 is 0 Å². The molecule has 0 bridgehead atoms. The van der Waals surface area contributed by atoms with E-state index in [9.17, 15) is 0 Å². The monoisotopic (exact) mass is 289 g/mol. The van der Waals surface area contributed by atoms with Crippen molar-refractivity contribution in [3.8, 4) is 0 Å². The third kappa shape index (κ3) is 5.12. The van der Waals surface area contributed by atoms with E-state index in [1.54, 1.807) is 0 Å². The van der Waals surface area contributed by atoms with Crippen LogP contribution < -0.4 is 5.32 Å². The van der Waals surface area contributed by atoms with Crippen molar-refractivity contribution in [3.63, 3.8) is 0 Å². The van der Waals surface area contributed by atoms with E-state index in [2.05, 4.69) is 57.3 Å². The Morgan fingerprint density at radius 3 is 2.33 bits per heavy atom. The van der Waals surface area contributed by atoms with E-state index < -0.39 is 0 Å². The molecule has 1 unspecified atom stereocenters. The first-order valence-corrected chi connectivity index (χ1v) is 8.42. The standard InChI is InChI=1S/C19H31NO/c1-15(20-13-14-21-18-7-5-6-8-18)16-9-11-17(12-10-16)19(2,3)4/h9-12,15,18,20H,5-8,13-14H2,1-4H3. The summed E-state index contributed by atoms with van der Waals surface area (Å²) in [6.07, 6.45) is 5.71. The summed E-state index contributed by atoms with van der Waals surface area (Å²) >= 11 is 0. The molecule has 0 amide bonds. The van der Waals surface area contributed by atoms with Crippen LogP contribution in [0.25, 0.3) is 0 Å². The number of ether oxygens (including phenoxy) is 1. The maximum Gasteiger partial charge on any atom is 0.0594 e. The van der Waals surface area contributed by atoms with Crippen LogP contribution in [0.4, 0.5) is 0 Å². The molecule has 0 radical (unpaired) electrons. The molecule has 21 heavy (non-hydrogen) atoms. The second-order valence-corrected chi connectivity index (χ2v) is 7.33. The van der Waals surface area contributed by atoms with E-state index in [-0.39, 0.29) is 5.41 Å². The zero-order valence-electron chi connectivity index (χ0n) is 14.1. The lowest BCUT2D eigenvalue weighted by atomic mass is 9.86. The highest BCUT2D eigenvalue weighted by atomic mass is 16.5. The molecule has 1 atom stereocenters. The van der Waals surface area contributed by atoms with Crippen LogP contribution in [0.3, 0.4) is 0 Å². The third-order valence-electron chi connectivity index (χ3n) is 4.49. The fourth-order valence-corrected chi connectivity index (χ4v) is 2.95. The zero-order valence-corrected chi connectivity index (χ0v) is 14.1. The molecule has 1 fully saturated rings. The van der Waals surface area contributed by atoms with Gasteiger partial charge in [-0.2, -0.15) is 0 Å². The Kier molecular flexibility index (Phi) is 5.83. The molecule has 0 saturated heterocycles. The Bertz CT molecular complexity index is 412. The normalized spacial score (nSPS) is 18.1. The third-order valence-corrected chi connectivity index (χ3v) is 4.49. The minimum absolute atomic E-state index is 0.227. The second-order valence-electron chi connectivity index (χ2n) is 7.33. The van der Waals surface area contributed by atoms with Crippen molar-refractivity contribution in [3.05, 3.63) is 35.4 Å². The molecule has 1 saturated carbocycles.